The Kier molecular flexibility index (Phi) is 43.9. The van der Waals surface area contributed by atoms with E-state index in [0.717, 1.165) is 109 Å². The molecule has 65 heavy (non-hydrogen) atoms. The summed E-state index contributed by atoms with van der Waals surface area (Å²) in [5.41, 5.74) is 0. The number of phosphoric acid groups is 1. The summed E-state index contributed by atoms with van der Waals surface area (Å²) in [6.07, 6.45) is 61.8. The Hall–Kier alpha value is -3.07. The van der Waals surface area contributed by atoms with Crippen LogP contribution in [0.15, 0.2) is 97.2 Å². The molecule has 0 heterocycles. The van der Waals surface area contributed by atoms with E-state index in [4.69, 9.17) is 18.5 Å². The number of nitrogens with zero attached hydrogens (tertiary/aromatic N) is 1. The van der Waals surface area contributed by atoms with Crippen LogP contribution in [0.4, 0.5) is 0 Å². The largest absolute Gasteiger partial charge is 0.472 e. The van der Waals surface area contributed by atoms with E-state index in [-0.39, 0.29) is 32.0 Å². The number of likely N-dealkylation sites (N-methyl/N-ethyl adjacent to an activating group) is 1. The second kappa shape index (κ2) is 46.1. The third-order valence-corrected chi connectivity index (χ3v) is 11.4. The number of carbonyl (C=O) groups excluding carboxylic acids is 2. The van der Waals surface area contributed by atoms with Crippen LogP contribution in [0.1, 0.15) is 187 Å². The molecule has 0 radical (unpaired) electrons. The van der Waals surface area contributed by atoms with Crippen molar-refractivity contribution >= 4 is 19.8 Å². The van der Waals surface area contributed by atoms with Gasteiger partial charge >= 0.3 is 19.8 Å². The Labute approximate surface area is 398 Å². The van der Waals surface area contributed by atoms with Crippen molar-refractivity contribution in [3.8, 4) is 0 Å². The molecular weight excluding hydrogens is 834 g/mol. The van der Waals surface area contributed by atoms with Crippen LogP contribution in [0.25, 0.3) is 0 Å². The topological polar surface area (TPSA) is 108 Å². The number of esters is 2. The monoisotopic (exact) mass is 929 g/mol. The number of unbranched alkanes of at least 4 members (excludes halogenated alkanes) is 15. The maximum absolute atomic E-state index is 12.7. The van der Waals surface area contributed by atoms with Gasteiger partial charge in [0.1, 0.15) is 19.8 Å². The molecule has 0 fully saturated rings. The first-order valence-electron chi connectivity index (χ1n) is 25.5. The standard InChI is InChI=1S/C55H94NO8P/c1-6-8-10-12-14-16-18-19-20-21-22-23-24-25-26-27-28-29-30-31-32-33-34-35-36-37-38-40-42-44-46-48-55(58)64-53(52-63-65(59,60)62-50-49-56(3,4)5)51-61-54(57)47-45-43-41-39-17-15-13-11-9-7-2/h8,10,14,16,19-20,22-23,25-26,28-29,31-32,34-35,53H,6-7,9,11-13,15,17-18,21,24,27,30,33,36-52H2,1-5H3/p+1/b10-8-,16-14-,20-19-,23-22-,26-25-,29-28-,32-31-,35-34-. The molecule has 10 heteroatoms. The van der Waals surface area contributed by atoms with E-state index < -0.39 is 26.5 Å². The van der Waals surface area contributed by atoms with Crippen molar-refractivity contribution in [2.45, 2.75) is 193 Å². The Balaban J connectivity index is 4.21. The van der Waals surface area contributed by atoms with Crippen molar-refractivity contribution in [1.82, 2.24) is 0 Å². The lowest BCUT2D eigenvalue weighted by molar-refractivity contribution is -0.870. The average Bonchev–Trinajstić information content (AvgIpc) is 3.26. The molecule has 0 aromatic carbocycles. The molecule has 0 rings (SSSR count). The average molecular weight is 929 g/mol. The minimum Gasteiger partial charge on any atom is -0.462 e. The van der Waals surface area contributed by atoms with Gasteiger partial charge in [0.05, 0.1) is 27.7 Å². The summed E-state index contributed by atoms with van der Waals surface area (Å²) in [6, 6.07) is 0. The maximum atomic E-state index is 12.7. The quantitative estimate of drug-likeness (QED) is 0.0211. The lowest BCUT2D eigenvalue weighted by Crippen LogP contribution is -2.37. The van der Waals surface area contributed by atoms with Gasteiger partial charge in [0.15, 0.2) is 6.10 Å². The maximum Gasteiger partial charge on any atom is 0.472 e. The number of hydrogen-bond donors (Lipinski definition) is 1. The fourth-order valence-corrected chi connectivity index (χ4v) is 7.18. The first kappa shape index (κ1) is 61.9. The van der Waals surface area contributed by atoms with Crippen LogP contribution in [-0.4, -0.2) is 74.9 Å². The Morgan fingerprint density at radius 2 is 0.877 bits per heavy atom. The predicted octanol–water partition coefficient (Wildman–Crippen LogP) is 15.3. The van der Waals surface area contributed by atoms with E-state index in [1.54, 1.807) is 0 Å². The first-order valence-corrected chi connectivity index (χ1v) is 27.0. The summed E-state index contributed by atoms with van der Waals surface area (Å²) in [5.74, 6) is -0.823. The molecule has 0 amide bonds. The number of ether oxygens (including phenoxy) is 2. The molecular formula is C55H95NO8P+. The Morgan fingerprint density at radius 3 is 1.31 bits per heavy atom. The zero-order valence-electron chi connectivity index (χ0n) is 41.9. The van der Waals surface area contributed by atoms with Crippen molar-refractivity contribution in [1.29, 1.82) is 0 Å². The summed E-state index contributed by atoms with van der Waals surface area (Å²) < 4.78 is 34.3. The third kappa shape index (κ3) is 50.2. The van der Waals surface area contributed by atoms with Crippen molar-refractivity contribution in [2.24, 2.45) is 0 Å². The summed E-state index contributed by atoms with van der Waals surface area (Å²) in [6.45, 7) is 4.26. The molecule has 1 N–H and O–H groups in total. The van der Waals surface area contributed by atoms with Gasteiger partial charge in [-0.2, -0.15) is 0 Å². The van der Waals surface area contributed by atoms with E-state index in [0.29, 0.717) is 17.4 Å². The van der Waals surface area contributed by atoms with Crippen molar-refractivity contribution < 1.29 is 42.1 Å². The highest BCUT2D eigenvalue weighted by atomic mass is 31.2. The van der Waals surface area contributed by atoms with Gasteiger partial charge in [0, 0.05) is 12.8 Å². The molecule has 9 nitrogen and oxygen atoms in total. The van der Waals surface area contributed by atoms with Crippen LogP contribution in [0.3, 0.4) is 0 Å². The molecule has 0 spiro atoms. The Bertz CT molecular complexity index is 1420. The number of phosphoric ester groups is 1. The molecule has 0 saturated heterocycles. The molecule has 0 aliphatic carbocycles. The second-order valence-corrected chi connectivity index (χ2v) is 19.3. The van der Waals surface area contributed by atoms with Gasteiger partial charge < -0.3 is 18.9 Å². The smallest absolute Gasteiger partial charge is 0.462 e. The van der Waals surface area contributed by atoms with Gasteiger partial charge in [-0.25, -0.2) is 4.57 Å². The van der Waals surface area contributed by atoms with E-state index in [1.807, 2.05) is 21.1 Å². The highest BCUT2D eigenvalue weighted by Crippen LogP contribution is 2.43. The number of quaternary nitrogens is 1. The fraction of sp³-hybridized carbons (Fsp3) is 0.673. The van der Waals surface area contributed by atoms with Crippen molar-refractivity contribution in [3.63, 3.8) is 0 Å². The number of hydrogen-bond acceptors (Lipinski definition) is 7. The predicted molar refractivity (Wildman–Crippen MR) is 275 cm³/mol. The van der Waals surface area contributed by atoms with Gasteiger partial charge in [0.25, 0.3) is 0 Å². The highest BCUT2D eigenvalue weighted by molar-refractivity contribution is 7.47. The highest BCUT2D eigenvalue weighted by Gasteiger charge is 2.27. The molecule has 0 aromatic heterocycles. The van der Waals surface area contributed by atoms with Gasteiger partial charge in [-0.3, -0.25) is 18.6 Å². The molecule has 0 bridgehead atoms. The van der Waals surface area contributed by atoms with Crippen LogP contribution < -0.4 is 0 Å². The third-order valence-electron chi connectivity index (χ3n) is 10.4. The SMILES string of the molecule is CC/C=C\C/C=C\C/C=C\C/C=C\C/C=C\C/C=C\C/C=C\C/C=C\CCCCCCCCC(=O)OC(COC(=O)CCCCCCCCCCCC)COP(=O)(O)OCC[N+](C)(C)C. The second-order valence-electron chi connectivity index (χ2n) is 17.8. The van der Waals surface area contributed by atoms with E-state index in [2.05, 4.69) is 111 Å². The molecule has 372 valence electrons. The van der Waals surface area contributed by atoms with E-state index in [1.165, 1.54) is 44.9 Å². The molecule has 2 atom stereocenters. The summed E-state index contributed by atoms with van der Waals surface area (Å²) in [4.78, 5) is 35.4. The van der Waals surface area contributed by atoms with Gasteiger partial charge in [-0.05, 0) is 77.0 Å². The Morgan fingerprint density at radius 1 is 0.492 bits per heavy atom. The van der Waals surface area contributed by atoms with Crippen LogP contribution in [0.5, 0.6) is 0 Å². The zero-order valence-corrected chi connectivity index (χ0v) is 42.8. The first-order chi connectivity index (χ1) is 31.5. The summed E-state index contributed by atoms with van der Waals surface area (Å²) in [7, 11) is 1.45. The van der Waals surface area contributed by atoms with Crippen LogP contribution >= 0.6 is 7.82 Å². The van der Waals surface area contributed by atoms with Crippen LogP contribution in [0.2, 0.25) is 0 Å². The summed E-state index contributed by atoms with van der Waals surface area (Å²) >= 11 is 0. The molecule has 2 unspecified atom stereocenters. The van der Waals surface area contributed by atoms with Crippen molar-refractivity contribution in [2.75, 3.05) is 47.5 Å². The summed E-state index contributed by atoms with van der Waals surface area (Å²) in [5, 5.41) is 0. The minimum atomic E-state index is -4.38. The van der Waals surface area contributed by atoms with Gasteiger partial charge in [-0.1, -0.05) is 195 Å². The minimum absolute atomic E-state index is 0.0245. The van der Waals surface area contributed by atoms with Gasteiger partial charge in [0.2, 0.25) is 0 Å². The lowest BCUT2D eigenvalue weighted by atomic mass is 10.1. The number of carbonyl (C=O) groups is 2. The molecule has 0 aromatic rings. The fourth-order valence-electron chi connectivity index (χ4n) is 6.44. The molecule has 0 aliphatic rings. The van der Waals surface area contributed by atoms with E-state index >= 15 is 0 Å². The normalized spacial score (nSPS) is 14.2. The zero-order chi connectivity index (χ0) is 47.8. The lowest BCUT2D eigenvalue weighted by Gasteiger charge is -2.24. The molecule has 0 saturated carbocycles. The van der Waals surface area contributed by atoms with Gasteiger partial charge in [-0.15, -0.1) is 0 Å². The number of rotatable bonds is 45. The van der Waals surface area contributed by atoms with E-state index in [9.17, 15) is 19.0 Å². The van der Waals surface area contributed by atoms with Crippen LogP contribution in [-0.2, 0) is 32.7 Å². The number of allylic oxidation sites excluding steroid dienone is 16. The molecule has 0 aliphatic heterocycles. The van der Waals surface area contributed by atoms with Crippen LogP contribution in [0, 0.1) is 0 Å². The van der Waals surface area contributed by atoms with Crippen molar-refractivity contribution in [3.05, 3.63) is 97.2 Å².